The van der Waals surface area contributed by atoms with Gasteiger partial charge in [0.05, 0.1) is 17.9 Å². The summed E-state index contributed by atoms with van der Waals surface area (Å²) in [5.74, 6) is 2.95. The van der Waals surface area contributed by atoms with Crippen LogP contribution in [0.3, 0.4) is 0 Å². The zero-order valence-corrected chi connectivity index (χ0v) is 20.5. The monoisotopic (exact) mass is 490 g/mol. The highest BCUT2D eigenvalue weighted by molar-refractivity contribution is 7.86. The summed E-state index contributed by atoms with van der Waals surface area (Å²) in [6.07, 6.45) is 3.90. The lowest BCUT2D eigenvalue weighted by molar-refractivity contribution is 0.347. The number of aromatic nitrogens is 4. The van der Waals surface area contributed by atoms with Crippen molar-refractivity contribution in [2.45, 2.75) is 57.5 Å². The first-order chi connectivity index (χ1) is 15.7. The third-order valence-electron chi connectivity index (χ3n) is 6.65. The number of aryl methyl sites for hydroxylation is 1. The Morgan fingerprint density at radius 1 is 1.06 bits per heavy atom. The molecular formula is C22H27ClN6O3S. The van der Waals surface area contributed by atoms with E-state index in [-0.39, 0.29) is 19.0 Å². The van der Waals surface area contributed by atoms with Crippen LogP contribution >= 0.6 is 11.6 Å². The maximum absolute atomic E-state index is 13.0. The summed E-state index contributed by atoms with van der Waals surface area (Å²) in [7, 11) is -0.583. The van der Waals surface area contributed by atoms with Gasteiger partial charge in [-0.3, -0.25) is 4.57 Å². The van der Waals surface area contributed by atoms with Gasteiger partial charge in [0.2, 0.25) is 0 Å². The summed E-state index contributed by atoms with van der Waals surface area (Å²) >= 11 is 6.29. The fraction of sp³-hybridized carbons (Fsp3) is 0.500. The Morgan fingerprint density at radius 3 is 2.45 bits per heavy atom. The molecule has 2 aliphatic rings. The van der Waals surface area contributed by atoms with E-state index in [1.165, 1.54) is 22.7 Å². The molecule has 5 rings (SSSR count). The third-order valence-corrected chi connectivity index (χ3v) is 8.72. The number of nitrogens with zero attached hydrogens (tertiary/aromatic N) is 6. The Balaban J connectivity index is 1.49. The Kier molecular flexibility index (Phi) is 5.80. The fourth-order valence-corrected chi connectivity index (χ4v) is 6.12. The van der Waals surface area contributed by atoms with E-state index in [4.69, 9.17) is 16.1 Å². The van der Waals surface area contributed by atoms with Gasteiger partial charge in [-0.25, -0.2) is 0 Å². The summed E-state index contributed by atoms with van der Waals surface area (Å²) in [4.78, 5) is 0. The van der Waals surface area contributed by atoms with E-state index in [1.807, 2.05) is 35.8 Å². The van der Waals surface area contributed by atoms with E-state index in [0.29, 0.717) is 16.8 Å². The minimum absolute atomic E-state index is 0.146. The molecule has 0 bridgehead atoms. The number of hydrogen-bond donors (Lipinski definition) is 0. The smallest absolute Gasteiger partial charge is 0.282 e. The maximum atomic E-state index is 13.0. The van der Waals surface area contributed by atoms with E-state index in [9.17, 15) is 8.42 Å². The Bertz CT molecular complexity index is 1280. The molecule has 0 unspecified atom stereocenters. The van der Waals surface area contributed by atoms with Crippen LogP contribution in [-0.4, -0.2) is 51.0 Å². The quantitative estimate of drug-likeness (QED) is 0.552. The molecular weight excluding hydrogens is 464 g/mol. The number of benzene rings is 1. The SMILES string of the molecule is Cc1cc(C2CCC(c3nnc4n3-c3ccc(Cl)cc3CN(S(=O)(=O)N(C)C)C4)CC2)no1. The molecule has 2 aromatic heterocycles. The molecule has 0 radical (unpaired) electrons. The van der Waals surface area contributed by atoms with Crippen LogP contribution in [0.2, 0.25) is 5.02 Å². The van der Waals surface area contributed by atoms with Crippen molar-refractivity contribution in [2.75, 3.05) is 14.1 Å². The third kappa shape index (κ3) is 4.09. The van der Waals surface area contributed by atoms with Gasteiger partial charge in [0, 0.05) is 43.6 Å². The van der Waals surface area contributed by atoms with E-state index < -0.39 is 10.2 Å². The van der Waals surface area contributed by atoms with Gasteiger partial charge in [-0.2, -0.15) is 17.0 Å². The van der Waals surface area contributed by atoms with Gasteiger partial charge in [0.15, 0.2) is 5.82 Å². The molecule has 1 aromatic carbocycles. The van der Waals surface area contributed by atoms with Gasteiger partial charge < -0.3 is 4.52 Å². The van der Waals surface area contributed by atoms with Gasteiger partial charge in [-0.1, -0.05) is 16.8 Å². The molecule has 1 aliphatic heterocycles. The highest BCUT2D eigenvalue weighted by atomic mass is 35.5. The zero-order chi connectivity index (χ0) is 23.3. The second-order valence-corrected chi connectivity index (χ2v) is 11.6. The predicted octanol–water partition coefficient (Wildman–Crippen LogP) is 3.78. The van der Waals surface area contributed by atoms with Crippen LogP contribution < -0.4 is 0 Å². The number of rotatable bonds is 4. The van der Waals surface area contributed by atoms with Crippen LogP contribution in [0.4, 0.5) is 0 Å². The number of hydrogen-bond acceptors (Lipinski definition) is 6. The number of fused-ring (bicyclic) bond motifs is 3. The molecule has 1 aliphatic carbocycles. The van der Waals surface area contributed by atoms with E-state index in [1.54, 1.807) is 0 Å². The van der Waals surface area contributed by atoms with E-state index in [0.717, 1.165) is 54.2 Å². The molecule has 11 heteroatoms. The van der Waals surface area contributed by atoms with Gasteiger partial charge >= 0.3 is 0 Å². The van der Waals surface area contributed by atoms with Gasteiger partial charge in [-0.05, 0) is 56.4 Å². The van der Waals surface area contributed by atoms with Crippen molar-refractivity contribution in [1.82, 2.24) is 28.5 Å². The van der Waals surface area contributed by atoms with Crippen LogP contribution in [0.1, 0.15) is 66.2 Å². The number of halogens is 1. The normalized spacial score (nSPS) is 21.6. The molecule has 0 saturated heterocycles. The standard InChI is InChI=1S/C22H27ClN6O3S/c1-14-10-19(26-32-14)15-4-6-16(7-5-15)22-25-24-21-13-28(33(30,31)27(2)3)12-17-11-18(23)8-9-20(17)29(21)22/h8-11,15-16H,4-7,12-13H2,1-3H3. The average molecular weight is 491 g/mol. The van der Waals surface area contributed by atoms with Crippen molar-refractivity contribution in [1.29, 1.82) is 0 Å². The zero-order valence-electron chi connectivity index (χ0n) is 18.9. The maximum Gasteiger partial charge on any atom is 0.282 e. The Labute approximate surface area is 198 Å². The van der Waals surface area contributed by atoms with Crippen LogP contribution in [-0.2, 0) is 23.3 Å². The van der Waals surface area contributed by atoms with Crippen LogP contribution in [0.5, 0.6) is 0 Å². The molecule has 0 atom stereocenters. The van der Waals surface area contributed by atoms with Crippen molar-refractivity contribution < 1.29 is 12.9 Å². The summed E-state index contributed by atoms with van der Waals surface area (Å²) in [6.45, 7) is 2.28. The molecule has 0 amide bonds. The molecule has 33 heavy (non-hydrogen) atoms. The van der Waals surface area contributed by atoms with Crippen molar-refractivity contribution in [2.24, 2.45) is 0 Å². The second-order valence-electron chi connectivity index (χ2n) is 9.05. The average Bonchev–Trinajstić information content (AvgIpc) is 3.36. The molecule has 1 saturated carbocycles. The van der Waals surface area contributed by atoms with Crippen molar-refractivity contribution >= 4 is 21.8 Å². The lowest BCUT2D eigenvalue weighted by Crippen LogP contribution is -2.39. The molecule has 176 valence electrons. The molecule has 1 fully saturated rings. The summed E-state index contributed by atoms with van der Waals surface area (Å²) < 4.78 is 35.9. The lowest BCUT2D eigenvalue weighted by Gasteiger charge is -2.27. The van der Waals surface area contributed by atoms with E-state index in [2.05, 4.69) is 15.4 Å². The summed E-state index contributed by atoms with van der Waals surface area (Å²) in [6, 6.07) is 7.61. The van der Waals surface area contributed by atoms with Crippen LogP contribution in [0.25, 0.3) is 5.69 Å². The molecule has 3 aromatic rings. The lowest BCUT2D eigenvalue weighted by atomic mass is 9.80. The Morgan fingerprint density at radius 2 is 1.79 bits per heavy atom. The largest absolute Gasteiger partial charge is 0.361 e. The van der Waals surface area contributed by atoms with Crippen LogP contribution in [0, 0.1) is 6.92 Å². The van der Waals surface area contributed by atoms with Gasteiger partial charge in [-0.15, -0.1) is 10.2 Å². The topological polar surface area (TPSA) is 97.4 Å². The van der Waals surface area contributed by atoms with Crippen molar-refractivity contribution in [3.8, 4) is 5.69 Å². The highest BCUT2D eigenvalue weighted by Crippen LogP contribution is 2.41. The van der Waals surface area contributed by atoms with Gasteiger partial charge in [0.1, 0.15) is 11.6 Å². The first kappa shape index (κ1) is 22.5. The van der Waals surface area contributed by atoms with Gasteiger partial charge in [0.25, 0.3) is 10.2 Å². The molecule has 0 N–H and O–H groups in total. The summed E-state index contributed by atoms with van der Waals surface area (Å²) in [5.41, 5.74) is 2.75. The van der Waals surface area contributed by atoms with Crippen molar-refractivity contribution in [3.63, 3.8) is 0 Å². The molecule has 9 nitrogen and oxygen atoms in total. The second kappa shape index (κ2) is 8.50. The first-order valence-corrected chi connectivity index (χ1v) is 12.9. The Hall–Kier alpha value is -2.27. The first-order valence-electron chi connectivity index (χ1n) is 11.1. The molecule has 0 spiro atoms. The fourth-order valence-electron chi connectivity index (χ4n) is 4.88. The molecule has 3 heterocycles. The minimum Gasteiger partial charge on any atom is -0.361 e. The summed E-state index contributed by atoms with van der Waals surface area (Å²) in [5, 5.41) is 13.8. The van der Waals surface area contributed by atoms with E-state index >= 15 is 0 Å². The highest BCUT2D eigenvalue weighted by Gasteiger charge is 2.35. The predicted molar refractivity (Wildman–Crippen MR) is 123 cm³/mol. The van der Waals surface area contributed by atoms with Crippen LogP contribution in [0.15, 0.2) is 28.8 Å². The van der Waals surface area contributed by atoms with Crippen molar-refractivity contribution in [3.05, 3.63) is 58.0 Å². The minimum atomic E-state index is -3.65.